The SMILES string of the molecule is Cc1c(CCc2nc3ccccc3s2)c(=O)[nH]c2c(C)cccc12. The molecule has 2 heterocycles. The number of fused-ring (bicyclic) bond motifs is 2. The monoisotopic (exact) mass is 334 g/mol. The summed E-state index contributed by atoms with van der Waals surface area (Å²) in [6, 6.07) is 14.3. The van der Waals surface area contributed by atoms with Crippen LogP contribution in [-0.2, 0) is 12.8 Å². The lowest BCUT2D eigenvalue weighted by Crippen LogP contribution is -2.16. The van der Waals surface area contributed by atoms with E-state index in [2.05, 4.69) is 22.1 Å². The zero-order chi connectivity index (χ0) is 16.7. The maximum Gasteiger partial charge on any atom is 0.251 e. The van der Waals surface area contributed by atoms with Crippen molar-refractivity contribution in [2.45, 2.75) is 26.7 Å². The average Bonchev–Trinajstić information content (AvgIpc) is 2.98. The van der Waals surface area contributed by atoms with Gasteiger partial charge in [-0.2, -0.15) is 0 Å². The summed E-state index contributed by atoms with van der Waals surface area (Å²) in [7, 11) is 0. The number of pyridine rings is 1. The smallest absolute Gasteiger partial charge is 0.251 e. The van der Waals surface area contributed by atoms with Gasteiger partial charge < -0.3 is 4.98 Å². The van der Waals surface area contributed by atoms with Crippen molar-refractivity contribution in [1.82, 2.24) is 9.97 Å². The first-order valence-corrected chi connectivity index (χ1v) is 8.90. The van der Waals surface area contributed by atoms with Crippen LogP contribution in [0.4, 0.5) is 0 Å². The van der Waals surface area contributed by atoms with Gasteiger partial charge in [0.05, 0.1) is 20.7 Å². The van der Waals surface area contributed by atoms with E-state index in [4.69, 9.17) is 0 Å². The number of aryl methyl sites for hydroxylation is 3. The normalized spacial score (nSPS) is 11.4. The number of hydrogen-bond donors (Lipinski definition) is 1. The Morgan fingerprint density at radius 2 is 1.88 bits per heavy atom. The van der Waals surface area contributed by atoms with Crippen molar-refractivity contribution in [2.24, 2.45) is 0 Å². The van der Waals surface area contributed by atoms with Crippen molar-refractivity contribution in [2.75, 3.05) is 0 Å². The molecule has 4 rings (SSSR count). The number of rotatable bonds is 3. The minimum atomic E-state index is 0.0235. The van der Waals surface area contributed by atoms with Gasteiger partial charge >= 0.3 is 0 Å². The number of aromatic nitrogens is 2. The predicted molar refractivity (Wildman–Crippen MR) is 101 cm³/mol. The van der Waals surface area contributed by atoms with Crippen LogP contribution in [0.25, 0.3) is 21.1 Å². The number of benzene rings is 2. The summed E-state index contributed by atoms with van der Waals surface area (Å²) in [5.41, 5.74) is 5.06. The molecule has 0 aliphatic heterocycles. The van der Waals surface area contributed by atoms with E-state index in [-0.39, 0.29) is 5.56 Å². The summed E-state index contributed by atoms with van der Waals surface area (Å²) in [5.74, 6) is 0. The van der Waals surface area contributed by atoms with E-state index in [1.807, 2.05) is 44.2 Å². The van der Waals surface area contributed by atoms with E-state index in [9.17, 15) is 4.79 Å². The molecule has 0 aliphatic carbocycles. The molecule has 0 fully saturated rings. The van der Waals surface area contributed by atoms with E-state index < -0.39 is 0 Å². The molecule has 24 heavy (non-hydrogen) atoms. The van der Waals surface area contributed by atoms with Gasteiger partial charge in [0.2, 0.25) is 0 Å². The minimum Gasteiger partial charge on any atom is -0.321 e. The summed E-state index contributed by atoms with van der Waals surface area (Å²) < 4.78 is 1.20. The fourth-order valence-corrected chi connectivity index (χ4v) is 4.19. The molecule has 0 aliphatic rings. The van der Waals surface area contributed by atoms with Gasteiger partial charge in [0.15, 0.2) is 0 Å². The molecule has 0 atom stereocenters. The molecule has 0 saturated heterocycles. The first kappa shape index (κ1) is 15.1. The van der Waals surface area contributed by atoms with Crippen LogP contribution in [0, 0.1) is 13.8 Å². The maximum absolute atomic E-state index is 12.5. The van der Waals surface area contributed by atoms with Gasteiger partial charge in [0, 0.05) is 17.4 Å². The number of thiazole rings is 1. The third kappa shape index (κ3) is 2.53. The Balaban J connectivity index is 1.70. The summed E-state index contributed by atoms with van der Waals surface area (Å²) in [5, 5.41) is 2.22. The number of hydrogen-bond acceptors (Lipinski definition) is 3. The highest BCUT2D eigenvalue weighted by Crippen LogP contribution is 2.24. The molecule has 0 saturated carbocycles. The Morgan fingerprint density at radius 1 is 1.04 bits per heavy atom. The van der Waals surface area contributed by atoms with Gasteiger partial charge in [-0.15, -0.1) is 11.3 Å². The zero-order valence-electron chi connectivity index (χ0n) is 13.7. The number of para-hydroxylation sites is 2. The highest BCUT2D eigenvalue weighted by molar-refractivity contribution is 7.18. The molecule has 4 heteroatoms. The molecule has 2 aromatic heterocycles. The number of H-pyrrole nitrogens is 1. The van der Waals surface area contributed by atoms with Gasteiger partial charge in [-0.25, -0.2) is 4.98 Å². The fourth-order valence-electron chi connectivity index (χ4n) is 3.23. The lowest BCUT2D eigenvalue weighted by Gasteiger charge is -2.09. The van der Waals surface area contributed by atoms with Crippen LogP contribution in [0.1, 0.15) is 21.7 Å². The van der Waals surface area contributed by atoms with Crippen LogP contribution in [0.5, 0.6) is 0 Å². The van der Waals surface area contributed by atoms with Crippen molar-refractivity contribution in [3.8, 4) is 0 Å². The number of nitrogens with one attached hydrogen (secondary N) is 1. The van der Waals surface area contributed by atoms with Crippen molar-refractivity contribution >= 4 is 32.5 Å². The minimum absolute atomic E-state index is 0.0235. The first-order valence-electron chi connectivity index (χ1n) is 8.09. The Morgan fingerprint density at radius 3 is 2.71 bits per heavy atom. The highest BCUT2D eigenvalue weighted by atomic mass is 32.1. The van der Waals surface area contributed by atoms with Gasteiger partial charge in [-0.3, -0.25) is 4.79 Å². The summed E-state index contributed by atoms with van der Waals surface area (Å²) >= 11 is 1.71. The zero-order valence-corrected chi connectivity index (χ0v) is 14.5. The molecule has 0 unspecified atom stereocenters. The van der Waals surface area contributed by atoms with Gasteiger partial charge in [-0.05, 0) is 43.5 Å². The molecule has 4 aromatic rings. The Labute approximate surface area is 144 Å². The fraction of sp³-hybridized carbons (Fsp3) is 0.200. The second kappa shape index (κ2) is 5.87. The summed E-state index contributed by atoms with van der Waals surface area (Å²) in [6.45, 7) is 4.07. The van der Waals surface area contributed by atoms with Crippen LogP contribution < -0.4 is 5.56 Å². The molecule has 0 spiro atoms. The molecule has 0 amide bonds. The van der Waals surface area contributed by atoms with Crippen molar-refractivity contribution in [1.29, 1.82) is 0 Å². The number of aromatic amines is 1. The summed E-state index contributed by atoms with van der Waals surface area (Å²) in [6.07, 6.45) is 1.51. The van der Waals surface area contributed by atoms with E-state index >= 15 is 0 Å². The third-order valence-corrected chi connectivity index (χ3v) is 5.67. The highest BCUT2D eigenvalue weighted by Gasteiger charge is 2.11. The van der Waals surface area contributed by atoms with Crippen LogP contribution >= 0.6 is 11.3 Å². The van der Waals surface area contributed by atoms with Crippen molar-refractivity contribution in [3.63, 3.8) is 0 Å². The van der Waals surface area contributed by atoms with E-state index in [1.54, 1.807) is 11.3 Å². The molecule has 120 valence electrons. The van der Waals surface area contributed by atoms with E-state index in [0.29, 0.717) is 6.42 Å². The van der Waals surface area contributed by atoms with Gasteiger partial charge in [0.25, 0.3) is 5.56 Å². The first-order chi connectivity index (χ1) is 11.6. The quantitative estimate of drug-likeness (QED) is 0.598. The average molecular weight is 334 g/mol. The molecule has 3 nitrogen and oxygen atoms in total. The third-order valence-electron chi connectivity index (χ3n) is 4.57. The topological polar surface area (TPSA) is 45.8 Å². The van der Waals surface area contributed by atoms with Gasteiger partial charge in [-0.1, -0.05) is 30.3 Å². The maximum atomic E-state index is 12.5. The molecule has 2 aromatic carbocycles. The Bertz CT molecular complexity index is 1070. The lowest BCUT2D eigenvalue weighted by molar-refractivity contribution is 0.920. The van der Waals surface area contributed by atoms with E-state index in [0.717, 1.165) is 44.5 Å². The standard InChI is InChI=1S/C20H18N2OS/c1-12-6-5-7-14-13(2)15(20(23)22-19(12)14)10-11-18-21-16-8-3-4-9-17(16)24-18/h3-9H,10-11H2,1-2H3,(H,22,23). The second-order valence-electron chi connectivity index (χ2n) is 6.13. The summed E-state index contributed by atoms with van der Waals surface area (Å²) in [4.78, 5) is 20.3. The Hall–Kier alpha value is -2.46. The molecular weight excluding hydrogens is 316 g/mol. The molecular formula is C20H18N2OS. The molecule has 1 N–H and O–H groups in total. The number of nitrogens with zero attached hydrogens (tertiary/aromatic N) is 1. The van der Waals surface area contributed by atoms with Gasteiger partial charge in [0.1, 0.15) is 0 Å². The van der Waals surface area contributed by atoms with Crippen molar-refractivity contribution in [3.05, 3.63) is 74.5 Å². The van der Waals surface area contributed by atoms with E-state index in [1.165, 1.54) is 4.70 Å². The van der Waals surface area contributed by atoms with Crippen molar-refractivity contribution < 1.29 is 0 Å². The molecule has 0 radical (unpaired) electrons. The lowest BCUT2D eigenvalue weighted by atomic mass is 9.99. The van der Waals surface area contributed by atoms with Crippen LogP contribution in [0.15, 0.2) is 47.3 Å². The predicted octanol–water partition coefficient (Wildman–Crippen LogP) is 4.54. The molecule has 0 bridgehead atoms. The largest absolute Gasteiger partial charge is 0.321 e. The Kier molecular flexibility index (Phi) is 3.69. The van der Waals surface area contributed by atoms with Crippen LogP contribution in [-0.4, -0.2) is 9.97 Å². The van der Waals surface area contributed by atoms with Crippen LogP contribution in [0.3, 0.4) is 0 Å². The van der Waals surface area contributed by atoms with Crippen LogP contribution in [0.2, 0.25) is 0 Å². The second-order valence-corrected chi connectivity index (χ2v) is 7.25.